The summed E-state index contributed by atoms with van der Waals surface area (Å²) in [7, 11) is 0. The second-order valence-electron chi connectivity index (χ2n) is 5.57. The third-order valence-corrected chi connectivity index (χ3v) is 4.10. The van der Waals surface area contributed by atoms with Crippen molar-refractivity contribution in [3.8, 4) is 0 Å². The second-order valence-corrected chi connectivity index (χ2v) is 5.57. The predicted molar refractivity (Wildman–Crippen MR) is 82.9 cm³/mol. The highest BCUT2D eigenvalue weighted by Gasteiger charge is 2.24. The minimum Gasteiger partial charge on any atom is -0.396 e. The number of nitrogens with one attached hydrogen (secondary N) is 1. The van der Waals surface area contributed by atoms with Gasteiger partial charge in [0.05, 0.1) is 6.04 Å². The van der Waals surface area contributed by atoms with Crippen molar-refractivity contribution in [2.45, 2.75) is 31.7 Å². The molecule has 1 aliphatic rings. The molecule has 0 bridgehead atoms. The molecule has 0 heterocycles. The average Bonchev–Trinajstić information content (AvgIpc) is 2.90. The number of halogens is 1. The van der Waals surface area contributed by atoms with Crippen LogP contribution in [-0.4, -0.2) is 11.7 Å². The summed E-state index contributed by atoms with van der Waals surface area (Å²) in [5.41, 5.74) is 4.21. The van der Waals surface area contributed by atoms with Crippen molar-refractivity contribution in [2.24, 2.45) is 0 Å². The Morgan fingerprint density at radius 3 is 2.90 bits per heavy atom. The molecule has 110 valence electrons. The number of aliphatic hydroxyl groups excluding tert-OH is 1. The van der Waals surface area contributed by atoms with Gasteiger partial charge >= 0.3 is 0 Å². The fourth-order valence-corrected chi connectivity index (χ4v) is 3.06. The molecule has 2 aromatic carbocycles. The molecule has 0 radical (unpaired) electrons. The maximum absolute atomic E-state index is 13.8. The van der Waals surface area contributed by atoms with Crippen molar-refractivity contribution in [3.05, 3.63) is 65.0 Å². The van der Waals surface area contributed by atoms with Crippen LogP contribution in [0.25, 0.3) is 0 Å². The van der Waals surface area contributed by atoms with Gasteiger partial charge < -0.3 is 10.4 Å². The van der Waals surface area contributed by atoms with Gasteiger partial charge in [-0.15, -0.1) is 0 Å². The molecule has 0 aliphatic heterocycles. The van der Waals surface area contributed by atoms with E-state index >= 15 is 0 Å². The standard InChI is InChI=1S/C18H20FNO/c19-17-8-2-7-16-15(17)9-10-18(16)20-14-6-1-4-13(12-14)5-3-11-21/h1-2,4,6-8,12,18,20-21H,3,5,9-11H2. The molecule has 0 fully saturated rings. The molecule has 1 atom stereocenters. The lowest BCUT2D eigenvalue weighted by atomic mass is 10.1. The van der Waals surface area contributed by atoms with Gasteiger partial charge in [-0.1, -0.05) is 24.3 Å². The summed E-state index contributed by atoms with van der Waals surface area (Å²) in [5, 5.41) is 12.4. The number of rotatable bonds is 5. The molecule has 2 aromatic rings. The summed E-state index contributed by atoms with van der Waals surface area (Å²) >= 11 is 0. The van der Waals surface area contributed by atoms with E-state index in [4.69, 9.17) is 5.11 Å². The van der Waals surface area contributed by atoms with Crippen molar-refractivity contribution in [1.82, 2.24) is 0 Å². The SMILES string of the molecule is OCCCc1cccc(NC2CCc3c(F)cccc32)c1. The van der Waals surface area contributed by atoms with Crippen LogP contribution >= 0.6 is 0 Å². The van der Waals surface area contributed by atoms with Crippen LogP contribution in [-0.2, 0) is 12.8 Å². The zero-order valence-corrected chi connectivity index (χ0v) is 12.0. The molecule has 3 rings (SSSR count). The summed E-state index contributed by atoms with van der Waals surface area (Å²) in [6.07, 6.45) is 3.38. The molecule has 21 heavy (non-hydrogen) atoms. The molecule has 2 nitrogen and oxygen atoms in total. The topological polar surface area (TPSA) is 32.3 Å². The van der Waals surface area contributed by atoms with E-state index in [9.17, 15) is 4.39 Å². The Hall–Kier alpha value is -1.87. The fraction of sp³-hybridized carbons (Fsp3) is 0.333. The first kappa shape index (κ1) is 14.1. The van der Waals surface area contributed by atoms with Crippen LogP contribution in [0.4, 0.5) is 10.1 Å². The highest BCUT2D eigenvalue weighted by atomic mass is 19.1. The summed E-state index contributed by atoms with van der Waals surface area (Å²) in [5.74, 6) is -0.0894. The Morgan fingerprint density at radius 1 is 1.19 bits per heavy atom. The predicted octanol–water partition coefficient (Wildman–Crippen LogP) is 3.85. The Morgan fingerprint density at radius 2 is 2.05 bits per heavy atom. The van der Waals surface area contributed by atoms with E-state index < -0.39 is 0 Å². The van der Waals surface area contributed by atoms with Crippen molar-refractivity contribution >= 4 is 5.69 Å². The third-order valence-electron chi connectivity index (χ3n) is 4.10. The molecule has 0 saturated carbocycles. The van der Waals surface area contributed by atoms with Gasteiger partial charge in [0.25, 0.3) is 0 Å². The van der Waals surface area contributed by atoms with Gasteiger partial charge in [0.15, 0.2) is 0 Å². The quantitative estimate of drug-likeness (QED) is 0.874. The number of fused-ring (bicyclic) bond motifs is 1. The summed E-state index contributed by atoms with van der Waals surface area (Å²) in [4.78, 5) is 0. The first-order valence-electron chi connectivity index (χ1n) is 7.51. The molecule has 3 heteroatoms. The van der Waals surface area contributed by atoms with E-state index in [0.717, 1.165) is 42.5 Å². The van der Waals surface area contributed by atoms with Crippen LogP contribution in [0.15, 0.2) is 42.5 Å². The van der Waals surface area contributed by atoms with E-state index in [-0.39, 0.29) is 18.5 Å². The van der Waals surface area contributed by atoms with Gasteiger partial charge in [-0.3, -0.25) is 0 Å². The Kier molecular flexibility index (Phi) is 4.20. The molecule has 0 aromatic heterocycles. The number of aryl methyl sites for hydroxylation is 1. The second kappa shape index (κ2) is 6.27. The van der Waals surface area contributed by atoms with E-state index in [0.29, 0.717) is 0 Å². The van der Waals surface area contributed by atoms with Crippen LogP contribution in [0.5, 0.6) is 0 Å². The van der Waals surface area contributed by atoms with E-state index in [1.807, 2.05) is 18.2 Å². The maximum Gasteiger partial charge on any atom is 0.126 e. The van der Waals surface area contributed by atoms with Gasteiger partial charge in [-0.25, -0.2) is 4.39 Å². The minimum absolute atomic E-state index is 0.0894. The first-order chi connectivity index (χ1) is 10.3. The van der Waals surface area contributed by atoms with Crippen LogP contribution < -0.4 is 5.32 Å². The number of benzene rings is 2. The molecule has 0 spiro atoms. The highest BCUT2D eigenvalue weighted by molar-refractivity contribution is 5.50. The van der Waals surface area contributed by atoms with Gasteiger partial charge in [-0.05, 0) is 60.6 Å². The molecular formula is C18H20FNO. The number of hydrogen-bond donors (Lipinski definition) is 2. The molecule has 1 unspecified atom stereocenters. The van der Waals surface area contributed by atoms with Crippen LogP contribution in [0.1, 0.15) is 35.6 Å². The normalized spacial score (nSPS) is 16.8. The monoisotopic (exact) mass is 285 g/mol. The fourth-order valence-electron chi connectivity index (χ4n) is 3.06. The molecule has 2 N–H and O–H groups in total. The zero-order chi connectivity index (χ0) is 14.7. The maximum atomic E-state index is 13.8. The Bertz CT molecular complexity index is 626. The molecule has 0 saturated heterocycles. The van der Waals surface area contributed by atoms with Crippen molar-refractivity contribution in [3.63, 3.8) is 0 Å². The van der Waals surface area contributed by atoms with E-state index in [2.05, 4.69) is 17.4 Å². The molecule has 0 amide bonds. The van der Waals surface area contributed by atoms with Gasteiger partial charge in [0.1, 0.15) is 5.82 Å². The van der Waals surface area contributed by atoms with Crippen LogP contribution in [0.2, 0.25) is 0 Å². The van der Waals surface area contributed by atoms with Gasteiger partial charge in [-0.2, -0.15) is 0 Å². The summed E-state index contributed by atoms with van der Waals surface area (Å²) in [6, 6.07) is 13.8. The lowest BCUT2D eigenvalue weighted by Crippen LogP contribution is -2.07. The summed E-state index contributed by atoms with van der Waals surface area (Å²) < 4.78 is 13.8. The summed E-state index contributed by atoms with van der Waals surface area (Å²) in [6.45, 7) is 0.215. The van der Waals surface area contributed by atoms with E-state index in [1.54, 1.807) is 6.07 Å². The Labute approximate surface area is 124 Å². The average molecular weight is 285 g/mol. The zero-order valence-electron chi connectivity index (χ0n) is 12.0. The highest BCUT2D eigenvalue weighted by Crippen LogP contribution is 2.35. The molecule has 1 aliphatic carbocycles. The van der Waals surface area contributed by atoms with Gasteiger partial charge in [0, 0.05) is 12.3 Å². The largest absolute Gasteiger partial charge is 0.396 e. The van der Waals surface area contributed by atoms with Crippen LogP contribution in [0.3, 0.4) is 0 Å². The number of aliphatic hydroxyl groups is 1. The molecular weight excluding hydrogens is 265 g/mol. The number of anilines is 1. The minimum atomic E-state index is -0.0894. The smallest absolute Gasteiger partial charge is 0.126 e. The first-order valence-corrected chi connectivity index (χ1v) is 7.51. The Balaban J connectivity index is 1.75. The van der Waals surface area contributed by atoms with Gasteiger partial charge in [0.2, 0.25) is 0 Å². The van der Waals surface area contributed by atoms with Crippen molar-refractivity contribution in [2.75, 3.05) is 11.9 Å². The van der Waals surface area contributed by atoms with Crippen molar-refractivity contribution < 1.29 is 9.50 Å². The third kappa shape index (κ3) is 3.08. The van der Waals surface area contributed by atoms with Crippen LogP contribution in [0, 0.1) is 5.82 Å². The van der Waals surface area contributed by atoms with E-state index in [1.165, 1.54) is 11.6 Å². The lowest BCUT2D eigenvalue weighted by Gasteiger charge is -2.16. The lowest BCUT2D eigenvalue weighted by molar-refractivity contribution is 0.288. The van der Waals surface area contributed by atoms with Crippen molar-refractivity contribution in [1.29, 1.82) is 0 Å². The number of hydrogen-bond acceptors (Lipinski definition) is 2.